The molecule has 1 aliphatic heterocycles. The molecule has 0 bridgehead atoms. The third-order valence-corrected chi connectivity index (χ3v) is 3.42. The lowest BCUT2D eigenvalue weighted by atomic mass is 10.2. The van der Waals surface area contributed by atoms with Gasteiger partial charge in [-0.3, -0.25) is 0 Å². The number of methoxy groups -OCH3 is 1. The summed E-state index contributed by atoms with van der Waals surface area (Å²) in [6, 6.07) is 7.07. The number of hydrogen-bond acceptors (Lipinski definition) is 3. The van der Waals surface area contributed by atoms with Gasteiger partial charge in [-0.15, -0.1) is 0 Å². The molecule has 1 heterocycles. The molecule has 1 aromatic carbocycles. The number of rotatable bonds is 4. The molecule has 0 amide bonds. The monoisotopic (exact) mass is 234 g/mol. The minimum absolute atomic E-state index is 0.641. The van der Waals surface area contributed by atoms with E-state index in [-0.39, 0.29) is 0 Å². The van der Waals surface area contributed by atoms with Crippen LogP contribution in [0.15, 0.2) is 18.2 Å². The first-order chi connectivity index (χ1) is 8.24. The van der Waals surface area contributed by atoms with E-state index in [2.05, 4.69) is 42.3 Å². The molecule has 1 aromatic rings. The Balaban J connectivity index is 2.06. The molecule has 0 spiro atoms. The molecule has 17 heavy (non-hydrogen) atoms. The van der Waals surface area contributed by atoms with Gasteiger partial charge in [0.1, 0.15) is 5.75 Å². The highest BCUT2D eigenvalue weighted by Crippen LogP contribution is 2.26. The first-order valence-electron chi connectivity index (χ1n) is 6.37. The van der Waals surface area contributed by atoms with Crippen LogP contribution in [0.2, 0.25) is 0 Å². The summed E-state index contributed by atoms with van der Waals surface area (Å²) in [4.78, 5) is 2.44. The quantitative estimate of drug-likeness (QED) is 0.864. The highest BCUT2D eigenvalue weighted by Gasteiger charge is 2.21. The molecular weight excluding hydrogens is 212 g/mol. The summed E-state index contributed by atoms with van der Waals surface area (Å²) >= 11 is 0. The standard InChI is InChI=1S/C14H22N2O/c1-4-15-12-7-8-16(10-12)13-5-6-14(17-3)11(2)9-13/h5-6,9,12,15H,4,7-8,10H2,1-3H3. The average Bonchev–Trinajstić information content (AvgIpc) is 2.78. The Morgan fingerprint density at radius 3 is 2.94 bits per heavy atom. The Morgan fingerprint density at radius 1 is 1.47 bits per heavy atom. The molecule has 94 valence electrons. The highest BCUT2D eigenvalue weighted by atomic mass is 16.5. The van der Waals surface area contributed by atoms with Crippen LogP contribution in [0.1, 0.15) is 18.9 Å². The van der Waals surface area contributed by atoms with Gasteiger partial charge in [-0.1, -0.05) is 6.92 Å². The van der Waals surface area contributed by atoms with Gasteiger partial charge in [-0.05, 0) is 43.7 Å². The average molecular weight is 234 g/mol. The normalized spacial score (nSPS) is 19.7. The topological polar surface area (TPSA) is 24.5 Å². The first-order valence-corrected chi connectivity index (χ1v) is 6.37. The van der Waals surface area contributed by atoms with Crippen molar-refractivity contribution in [1.82, 2.24) is 5.32 Å². The summed E-state index contributed by atoms with van der Waals surface area (Å²) < 4.78 is 5.29. The summed E-state index contributed by atoms with van der Waals surface area (Å²) in [5, 5.41) is 3.52. The Kier molecular flexibility index (Phi) is 3.89. The number of benzene rings is 1. The predicted molar refractivity (Wildman–Crippen MR) is 72.0 cm³/mol. The summed E-state index contributed by atoms with van der Waals surface area (Å²) in [5.41, 5.74) is 2.51. The maximum absolute atomic E-state index is 5.29. The van der Waals surface area contributed by atoms with Crippen LogP contribution in [0, 0.1) is 6.92 Å². The molecular formula is C14H22N2O. The Labute approximate surface area is 104 Å². The lowest BCUT2D eigenvalue weighted by Crippen LogP contribution is -2.32. The van der Waals surface area contributed by atoms with Gasteiger partial charge in [0.2, 0.25) is 0 Å². The van der Waals surface area contributed by atoms with E-state index in [4.69, 9.17) is 4.74 Å². The number of nitrogens with one attached hydrogen (secondary N) is 1. The third kappa shape index (κ3) is 2.72. The van der Waals surface area contributed by atoms with E-state index in [0.29, 0.717) is 6.04 Å². The smallest absolute Gasteiger partial charge is 0.121 e. The van der Waals surface area contributed by atoms with Gasteiger partial charge in [0, 0.05) is 24.8 Å². The summed E-state index contributed by atoms with van der Waals surface area (Å²) in [6.45, 7) is 7.57. The maximum atomic E-state index is 5.29. The Bertz CT molecular complexity index is 378. The van der Waals surface area contributed by atoms with E-state index in [1.165, 1.54) is 17.7 Å². The van der Waals surface area contributed by atoms with Gasteiger partial charge >= 0.3 is 0 Å². The van der Waals surface area contributed by atoms with Gasteiger partial charge in [0.15, 0.2) is 0 Å². The second-order valence-corrected chi connectivity index (χ2v) is 4.64. The van der Waals surface area contributed by atoms with E-state index in [1.807, 2.05) is 0 Å². The molecule has 1 fully saturated rings. The van der Waals surface area contributed by atoms with Crippen molar-refractivity contribution in [2.24, 2.45) is 0 Å². The molecule has 3 nitrogen and oxygen atoms in total. The van der Waals surface area contributed by atoms with Gasteiger partial charge in [-0.25, -0.2) is 0 Å². The molecule has 1 N–H and O–H groups in total. The minimum Gasteiger partial charge on any atom is -0.496 e. The van der Waals surface area contributed by atoms with Crippen LogP contribution in [-0.2, 0) is 0 Å². The van der Waals surface area contributed by atoms with Crippen LogP contribution in [0.5, 0.6) is 5.75 Å². The number of hydrogen-bond donors (Lipinski definition) is 1. The van der Waals surface area contributed by atoms with E-state index in [1.54, 1.807) is 7.11 Å². The summed E-state index contributed by atoms with van der Waals surface area (Å²) in [6.07, 6.45) is 1.24. The number of aryl methyl sites for hydroxylation is 1. The summed E-state index contributed by atoms with van der Waals surface area (Å²) in [5.74, 6) is 0.969. The van der Waals surface area contributed by atoms with Crippen molar-refractivity contribution in [3.63, 3.8) is 0 Å². The largest absolute Gasteiger partial charge is 0.496 e. The molecule has 1 unspecified atom stereocenters. The molecule has 3 heteroatoms. The van der Waals surface area contributed by atoms with E-state index in [9.17, 15) is 0 Å². The van der Waals surface area contributed by atoms with Crippen LogP contribution in [0.3, 0.4) is 0 Å². The Hall–Kier alpha value is -1.22. The number of ether oxygens (including phenoxy) is 1. The molecule has 0 aromatic heterocycles. The molecule has 0 radical (unpaired) electrons. The van der Waals surface area contributed by atoms with Crippen molar-refractivity contribution in [2.45, 2.75) is 26.3 Å². The van der Waals surface area contributed by atoms with Crippen molar-refractivity contribution in [3.05, 3.63) is 23.8 Å². The van der Waals surface area contributed by atoms with Crippen molar-refractivity contribution < 1.29 is 4.74 Å². The SMILES string of the molecule is CCNC1CCN(c2ccc(OC)c(C)c2)C1. The number of likely N-dealkylation sites (N-methyl/N-ethyl adjacent to an activating group) is 1. The molecule has 1 aliphatic rings. The summed E-state index contributed by atoms with van der Waals surface area (Å²) in [7, 11) is 1.72. The molecule has 2 rings (SSSR count). The first kappa shape index (κ1) is 12.2. The fourth-order valence-corrected chi connectivity index (χ4v) is 2.51. The van der Waals surface area contributed by atoms with Crippen LogP contribution in [0.4, 0.5) is 5.69 Å². The fraction of sp³-hybridized carbons (Fsp3) is 0.571. The highest BCUT2D eigenvalue weighted by molar-refractivity contribution is 5.53. The number of nitrogens with zero attached hydrogens (tertiary/aromatic N) is 1. The number of anilines is 1. The van der Waals surface area contributed by atoms with Crippen LogP contribution in [-0.4, -0.2) is 32.8 Å². The van der Waals surface area contributed by atoms with Crippen molar-refractivity contribution in [3.8, 4) is 5.75 Å². The van der Waals surface area contributed by atoms with Gasteiger partial charge in [0.25, 0.3) is 0 Å². The van der Waals surface area contributed by atoms with Gasteiger partial charge < -0.3 is 15.0 Å². The molecule has 0 saturated carbocycles. The lowest BCUT2D eigenvalue weighted by Gasteiger charge is -2.20. The zero-order valence-electron chi connectivity index (χ0n) is 11.0. The third-order valence-electron chi connectivity index (χ3n) is 3.42. The van der Waals surface area contributed by atoms with Crippen LogP contribution >= 0.6 is 0 Å². The molecule has 1 saturated heterocycles. The lowest BCUT2D eigenvalue weighted by molar-refractivity contribution is 0.411. The zero-order valence-corrected chi connectivity index (χ0v) is 11.0. The van der Waals surface area contributed by atoms with E-state index in [0.717, 1.165) is 25.4 Å². The van der Waals surface area contributed by atoms with Gasteiger partial charge in [-0.2, -0.15) is 0 Å². The molecule has 1 atom stereocenters. The second-order valence-electron chi connectivity index (χ2n) is 4.64. The van der Waals surface area contributed by atoms with Crippen LogP contribution in [0.25, 0.3) is 0 Å². The molecule has 0 aliphatic carbocycles. The van der Waals surface area contributed by atoms with Crippen molar-refractivity contribution in [1.29, 1.82) is 0 Å². The Morgan fingerprint density at radius 2 is 2.29 bits per heavy atom. The maximum Gasteiger partial charge on any atom is 0.121 e. The van der Waals surface area contributed by atoms with Gasteiger partial charge in [0.05, 0.1) is 7.11 Å². The van der Waals surface area contributed by atoms with E-state index < -0.39 is 0 Å². The fourth-order valence-electron chi connectivity index (χ4n) is 2.51. The minimum atomic E-state index is 0.641. The van der Waals surface area contributed by atoms with Crippen LogP contribution < -0.4 is 15.0 Å². The second kappa shape index (κ2) is 5.41. The van der Waals surface area contributed by atoms with E-state index >= 15 is 0 Å². The predicted octanol–water partition coefficient (Wildman–Crippen LogP) is 2.19. The zero-order chi connectivity index (χ0) is 12.3. The van der Waals surface area contributed by atoms with Crippen molar-refractivity contribution >= 4 is 5.69 Å². The van der Waals surface area contributed by atoms with Crippen molar-refractivity contribution in [2.75, 3.05) is 31.6 Å².